The van der Waals surface area contributed by atoms with Gasteiger partial charge in [0, 0.05) is 24.2 Å². The molecule has 1 aromatic rings. The van der Waals surface area contributed by atoms with Crippen molar-refractivity contribution < 1.29 is 0 Å². The summed E-state index contributed by atoms with van der Waals surface area (Å²) in [6.45, 7) is 3.86. The van der Waals surface area contributed by atoms with Crippen molar-refractivity contribution in [2.24, 2.45) is 4.99 Å². The molecule has 0 amide bonds. The van der Waals surface area contributed by atoms with Crippen LogP contribution in [0.3, 0.4) is 0 Å². The fourth-order valence-electron chi connectivity index (χ4n) is 1.87. The molecule has 0 spiro atoms. The molecule has 1 aromatic carbocycles. The lowest BCUT2D eigenvalue weighted by Crippen LogP contribution is -2.38. The van der Waals surface area contributed by atoms with E-state index >= 15 is 0 Å². The molecule has 0 radical (unpaired) electrons. The molecule has 104 valence electrons. The van der Waals surface area contributed by atoms with Gasteiger partial charge in [-0.15, -0.1) is 0 Å². The average molecular weight is 280 g/mol. The van der Waals surface area contributed by atoms with Crippen molar-refractivity contribution in [1.82, 2.24) is 10.6 Å². The molecule has 2 rings (SSSR count). The minimum absolute atomic E-state index is 0.647. The number of nitrogens with one attached hydrogen (secondary N) is 2. The molecule has 0 aromatic heterocycles. The van der Waals surface area contributed by atoms with Gasteiger partial charge >= 0.3 is 0 Å². The topological polar surface area (TPSA) is 36.4 Å². The van der Waals surface area contributed by atoms with E-state index in [0.717, 1.165) is 36.9 Å². The number of hydrogen-bond acceptors (Lipinski definition) is 1. The Hall–Kier alpha value is -1.22. The number of nitrogens with zero attached hydrogens (tertiary/aromatic N) is 1. The Kier molecular flexibility index (Phi) is 5.52. The predicted molar refractivity (Wildman–Crippen MR) is 81.9 cm³/mol. The summed E-state index contributed by atoms with van der Waals surface area (Å²) in [6, 6.07) is 8.70. The van der Waals surface area contributed by atoms with Crippen molar-refractivity contribution >= 4 is 17.6 Å². The summed E-state index contributed by atoms with van der Waals surface area (Å²) < 4.78 is 0. The second-order valence-corrected chi connectivity index (χ2v) is 5.35. The number of aryl methyl sites for hydroxylation is 1. The third-order valence-corrected chi connectivity index (χ3v) is 3.32. The maximum absolute atomic E-state index is 5.87. The van der Waals surface area contributed by atoms with Gasteiger partial charge in [0.1, 0.15) is 0 Å². The van der Waals surface area contributed by atoms with Crippen LogP contribution in [-0.2, 0) is 6.42 Å². The molecular formula is C15H22ClN3. The van der Waals surface area contributed by atoms with E-state index < -0.39 is 0 Å². The van der Waals surface area contributed by atoms with Crippen LogP contribution in [0.15, 0.2) is 29.3 Å². The summed E-state index contributed by atoms with van der Waals surface area (Å²) in [5, 5.41) is 7.50. The summed E-state index contributed by atoms with van der Waals surface area (Å²) in [4.78, 5) is 4.59. The van der Waals surface area contributed by atoms with Gasteiger partial charge in [-0.3, -0.25) is 4.99 Å². The molecule has 2 N–H and O–H groups in total. The van der Waals surface area contributed by atoms with E-state index in [1.54, 1.807) is 0 Å². The Bertz CT molecular complexity index is 410. The highest BCUT2D eigenvalue weighted by atomic mass is 35.5. The van der Waals surface area contributed by atoms with E-state index in [1.165, 1.54) is 18.4 Å². The van der Waals surface area contributed by atoms with E-state index in [-0.39, 0.29) is 0 Å². The van der Waals surface area contributed by atoms with Gasteiger partial charge in [0.15, 0.2) is 5.96 Å². The number of rotatable bonds is 6. The number of hydrogen-bond donors (Lipinski definition) is 2. The molecule has 0 bridgehead atoms. The first-order valence-electron chi connectivity index (χ1n) is 7.07. The Morgan fingerprint density at radius 3 is 2.68 bits per heavy atom. The lowest BCUT2D eigenvalue weighted by Gasteiger charge is -2.10. The summed E-state index contributed by atoms with van der Waals surface area (Å²) >= 11 is 5.87. The normalized spacial score (nSPS) is 15.4. The van der Waals surface area contributed by atoms with Crippen LogP contribution in [0, 0.1) is 0 Å². The highest BCUT2D eigenvalue weighted by Gasteiger charge is 2.21. The van der Waals surface area contributed by atoms with E-state index in [0.29, 0.717) is 6.04 Å². The van der Waals surface area contributed by atoms with Crippen molar-refractivity contribution in [2.75, 3.05) is 13.1 Å². The van der Waals surface area contributed by atoms with Crippen LogP contribution in [0.4, 0.5) is 0 Å². The standard InChI is InChI=1S/C15H22ClN3/c1-2-17-15(19-14-9-10-14)18-11-3-4-12-5-7-13(16)8-6-12/h5-8,14H,2-4,9-11H2,1H3,(H2,17,18,19). The van der Waals surface area contributed by atoms with Crippen molar-refractivity contribution in [1.29, 1.82) is 0 Å². The first-order chi connectivity index (χ1) is 9.28. The Morgan fingerprint density at radius 1 is 1.32 bits per heavy atom. The zero-order chi connectivity index (χ0) is 13.5. The molecule has 0 aliphatic heterocycles. The van der Waals surface area contributed by atoms with E-state index in [4.69, 9.17) is 11.6 Å². The summed E-state index contributed by atoms with van der Waals surface area (Å²) in [5.41, 5.74) is 1.32. The highest BCUT2D eigenvalue weighted by molar-refractivity contribution is 6.30. The summed E-state index contributed by atoms with van der Waals surface area (Å²) in [6.07, 6.45) is 4.65. The molecule has 0 heterocycles. The molecular weight excluding hydrogens is 258 g/mol. The molecule has 1 fully saturated rings. The van der Waals surface area contributed by atoms with Crippen LogP contribution in [-0.4, -0.2) is 25.1 Å². The van der Waals surface area contributed by atoms with Crippen LogP contribution in [0.5, 0.6) is 0 Å². The van der Waals surface area contributed by atoms with Gasteiger partial charge in [0.2, 0.25) is 0 Å². The SMILES string of the molecule is CCNC(=NCCCc1ccc(Cl)cc1)NC1CC1. The lowest BCUT2D eigenvalue weighted by atomic mass is 10.1. The first kappa shape index (κ1) is 14.2. The van der Waals surface area contributed by atoms with Gasteiger partial charge in [-0.1, -0.05) is 23.7 Å². The zero-order valence-corrected chi connectivity index (χ0v) is 12.2. The quantitative estimate of drug-likeness (QED) is 0.477. The Balaban J connectivity index is 1.72. The third-order valence-electron chi connectivity index (χ3n) is 3.07. The van der Waals surface area contributed by atoms with E-state index in [9.17, 15) is 0 Å². The molecule has 1 aliphatic carbocycles. The number of guanidine groups is 1. The monoisotopic (exact) mass is 279 g/mol. The summed E-state index contributed by atoms with van der Waals surface area (Å²) in [7, 11) is 0. The fourth-order valence-corrected chi connectivity index (χ4v) is 1.99. The molecule has 1 aliphatic rings. The predicted octanol–water partition coefficient (Wildman–Crippen LogP) is 2.99. The molecule has 1 saturated carbocycles. The van der Waals surface area contributed by atoms with Crippen molar-refractivity contribution in [3.8, 4) is 0 Å². The van der Waals surface area contributed by atoms with E-state index in [1.807, 2.05) is 12.1 Å². The minimum atomic E-state index is 0.647. The van der Waals surface area contributed by atoms with Crippen molar-refractivity contribution in [3.63, 3.8) is 0 Å². The van der Waals surface area contributed by atoms with Gasteiger partial charge < -0.3 is 10.6 Å². The summed E-state index contributed by atoms with van der Waals surface area (Å²) in [5.74, 6) is 0.959. The largest absolute Gasteiger partial charge is 0.357 e. The first-order valence-corrected chi connectivity index (χ1v) is 7.45. The van der Waals surface area contributed by atoms with Crippen LogP contribution >= 0.6 is 11.6 Å². The second kappa shape index (κ2) is 7.39. The Morgan fingerprint density at radius 2 is 2.05 bits per heavy atom. The molecule has 3 nitrogen and oxygen atoms in total. The molecule has 0 saturated heterocycles. The van der Waals surface area contributed by atoms with Gasteiger partial charge in [0.25, 0.3) is 0 Å². The Labute approximate surface area is 120 Å². The molecule has 0 unspecified atom stereocenters. The van der Waals surface area contributed by atoms with Crippen LogP contribution in [0.2, 0.25) is 5.02 Å². The van der Waals surface area contributed by atoms with Crippen LogP contribution < -0.4 is 10.6 Å². The molecule has 4 heteroatoms. The van der Waals surface area contributed by atoms with Gasteiger partial charge in [-0.2, -0.15) is 0 Å². The maximum atomic E-state index is 5.87. The number of halogens is 1. The smallest absolute Gasteiger partial charge is 0.191 e. The highest BCUT2D eigenvalue weighted by Crippen LogP contribution is 2.18. The third kappa shape index (κ3) is 5.52. The van der Waals surface area contributed by atoms with E-state index in [2.05, 4.69) is 34.7 Å². The molecule has 0 atom stereocenters. The van der Waals surface area contributed by atoms with Crippen LogP contribution in [0.1, 0.15) is 31.7 Å². The lowest BCUT2D eigenvalue weighted by molar-refractivity contribution is 0.782. The number of aliphatic imine (C=N–C) groups is 1. The van der Waals surface area contributed by atoms with Crippen LogP contribution in [0.25, 0.3) is 0 Å². The van der Waals surface area contributed by atoms with Gasteiger partial charge in [-0.05, 0) is 50.3 Å². The van der Waals surface area contributed by atoms with Crippen molar-refractivity contribution in [2.45, 2.75) is 38.6 Å². The fraction of sp³-hybridized carbons (Fsp3) is 0.533. The number of benzene rings is 1. The van der Waals surface area contributed by atoms with Crippen molar-refractivity contribution in [3.05, 3.63) is 34.9 Å². The minimum Gasteiger partial charge on any atom is -0.357 e. The van der Waals surface area contributed by atoms with Gasteiger partial charge in [0.05, 0.1) is 0 Å². The molecule has 19 heavy (non-hydrogen) atoms. The zero-order valence-electron chi connectivity index (χ0n) is 11.5. The second-order valence-electron chi connectivity index (χ2n) is 4.91. The van der Waals surface area contributed by atoms with Gasteiger partial charge in [-0.25, -0.2) is 0 Å². The average Bonchev–Trinajstić information content (AvgIpc) is 3.21. The maximum Gasteiger partial charge on any atom is 0.191 e.